The molecule has 0 nitrogen and oxygen atoms in total. The molecular weight excluding hydrogens is 286 g/mol. The molecule has 0 saturated heterocycles. The second-order valence-electron chi connectivity index (χ2n) is 4.15. The highest BCUT2D eigenvalue weighted by molar-refractivity contribution is 6.56. The molecule has 0 aliphatic heterocycles. The summed E-state index contributed by atoms with van der Waals surface area (Å²) < 4.78 is -1.13. The smallest absolute Gasteiger partial charge is 0.120 e. The van der Waals surface area contributed by atoms with Crippen molar-refractivity contribution in [2.45, 2.75) is 33.8 Å². The summed E-state index contributed by atoms with van der Waals surface area (Å²) in [4.78, 5) is -0.790. The third-order valence-corrected chi connectivity index (χ3v) is 5.97. The lowest BCUT2D eigenvalue weighted by Crippen LogP contribution is -2.48. The molecule has 1 aromatic carbocycles. The summed E-state index contributed by atoms with van der Waals surface area (Å²) in [6.45, 7) is 0. The van der Waals surface area contributed by atoms with E-state index in [9.17, 15) is 0 Å². The maximum Gasteiger partial charge on any atom is 0.157 e. The molecule has 1 fully saturated rings. The molecule has 2 atom stereocenters. The first-order valence-corrected chi connectivity index (χ1v) is 6.82. The van der Waals surface area contributed by atoms with Gasteiger partial charge in [0.2, 0.25) is 0 Å². The fraction of sp³-hybridized carbons (Fsp3) is 0.500. The van der Waals surface area contributed by atoms with Crippen LogP contribution in [0.2, 0.25) is 0 Å². The van der Waals surface area contributed by atoms with Crippen molar-refractivity contribution in [3.63, 3.8) is 0 Å². The van der Waals surface area contributed by atoms with Crippen molar-refractivity contribution in [3.05, 3.63) is 35.9 Å². The van der Waals surface area contributed by atoms with Crippen molar-refractivity contribution in [3.8, 4) is 0 Å². The Labute approximate surface area is 116 Å². The van der Waals surface area contributed by atoms with Crippen LogP contribution in [-0.4, -0.2) is 9.71 Å². The van der Waals surface area contributed by atoms with Gasteiger partial charge >= 0.3 is 0 Å². The maximum atomic E-state index is 6.64. The SMILES string of the molecule is ClC1CCCC(Cl)(c2ccccc2)C1(Cl)Cl. The Morgan fingerprint density at radius 1 is 1.06 bits per heavy atom. The summed E-state index contributed by atoms with van der Waals surface area (Å²) in [5.41, 5.74) is 0.937. The molecule has 0 heterocycles. The molecule has 0 N–H and O–H groups in total. The zero-order chi connectivity index (χ0) is 11.8. The van der Waals surface area contributed by atoms with Crippen LogP contribution in [0.1, 0.15) is 24.8 Å². The minimum absolute atomic E-state index is 0.317. The van der Waals surface area contributed by atoms with E-state index in [0.717, 1.165) is 24.8 Å². The summed E-state index contributed by atoms with van der Waals surface area (Å²) in [5, 5.41) is -0.317. The van der Waals surface area contributed by atoms with Gasteiger partial charge in [-0.2, -0.15) is 0 Å². The summed E-state index contributed by atoms with van der Waals surface area (Å²) >= 11 is 25.6. The number of hydrogen-bond donors (Lipinski definition) is 0. The Bertz CT molecular complexity index is 363. The van der Waals surface area contributed by atoms with Gasteiger partial charge in [-0.05, 0) is 24.8 Å². The minimum atomic E-state index is -1.13. The summed E-state index contributed by atoms with van der Waals surface area (Å²) in [5.74, 6) is 0. The van der Waals surface area contributed by atoms with E-state index >= 15 is 0 Å². The lowest BCUT2D eigenvalue weighted by Gasteiger charge is -2.45. The van der Waals surface area contributed by atoms with Crippen LogP contribution in [-0.2, 0) is 4.87 Å². The lowest BCUT2D eigenvalue weighted by atomic mass is 9.82. The molecule has 1 saturated carbocycles. The van der Waals surface area contributed by atoms with Gasteiger partial charge in [-0.1, -0.05) is 53.5 Å². The van der Waals surface area contributed by atoms with E-state index < -0.39 is 9.21 Å². The molecule has 0 amide bonds. The van der Waals surface area contributed by atoms with E-state index in [4.69, 9.17) is 46.4 Å². The van der Waals surface area contributed by atoms with E-state index in [1.165, 1.54) is 0 Å². The lowest BCUT2D eigenvalue weighted by molar-refractivity contribution is 0.380. The Kier molecular flexibility index (Phi) is 3.66. The van der Waals surface area contributed by atoms with Gasteiger partial charge in [0.15, 0.2) is 4.33 Å². The highest BCUT2D eigenvalue weighted by Crippen LogP contribution is 2.57. The van der Waals surface area contributed by atoms with E-state index in [1.54, 1.807) is 0 Å². The molecule has 1 aliphatic rings. The highest BCUT2D eigenvalue weighted by atomic mass is 35.5. The second-order valence-corrected chi connectivity index (χ2v) is 6.71. The molecule has 1 aliphatic carbocycles. The van der Waals surface area contributed by atoms with E-state index in [1.807, 2.05) is 30.3 Å². The van der Waals surface area contributed by atoms with Crippen molar-refractivity contribution in [2.24, 2.45) is 0 Å². The number of alkyl halides is 4. The summed E-state index contributed by atoms with van der Waals surface area (Å²) in [6.07, 6.45) is 2.48. The van der Waals surface area contributed by atoms with Crippen LogP contribution >= 0.6 is 46.4 Å². The van der Waals surface area contributed by atoms with Crippen LogP contribution in [0.4, 0.5) is 0 Å². The van der Waals surface area contributed by atoms with E-state index in [-0.39, 0.29) is 5.38 Å². The molecule has 88 valence electrons. The standard InChI is InChI=1S/C12H12Cl4/c13-10-7-4-8-11(14,12(10,15)16)9-5-2-1-3-6-9/h1-3,5-6,10H,4,7-8H2. The van der Waals surface area contributed by atoms with Gasteiger partial charge in [0.05, 0.1) is 5.38 Å². The average Bonchev–Trinajstić information content (AvgIpc) is 2.28. The van der Waals surface area contributed by atoms with Crippen molar-refractivity contribution in [2.75, 3.05) is 0 Å². The molecule has 2 rings (SSSR count). The normalized spacial score (nSPS) is 33.6. The molecule has 16 heavy (non-hydrogen) atoms. The third kappa shape index (κ3) is 1.95. The van der Waals surface area contributed by atoms with Crippen LogP contribution in [0.15, 0.2) is 30.3 Å². The molecule has 2 unspecified atom stereocenters. The van der Waals surface area contributed by atoms with Crippen LogP contribution in [0.25, 0.3) is 0 Å². The fourth-order valence-electron chi connectivity index (χ4n) is 2.16. The van der Waals surface area contributed by atoms with Gasteiger partial charge in [-0.15, -0.1) is 23.2 Å². The monoisotopic (exact) mass is 296 g/mol. The third-order valence-electron chi connectivity index (χ3n) is 3.13. The Balaban J connectivity index is 2.43. The zero-order valence-corrected chi connectivity index (χ0v) is 11.6. The van der Waals surface area contributed by atoms with Gasteiger partial charge in [-0.25, -0.2) is 0 Å². The first-order valence-electron chi connectivity index (χ1n) is 5.25. The topological polar surface area (TPSA) is 0 Å². The van der Waals surface area contributed by atoms with Crippen LogP contribution < -0.4 is 0 Å². The van der Waals surface area contributed by atoms with E-state index in [0.29, 0.717) is 0 Å². The maximum absolute atomic E-state index is 6.64. The number of benzene rings is 1. The average molecular weight is 298 g/mol. The Morgan fingerprint density at radius 3 is 2.31 bits per heavy atom. The molecule has 0 radical (unpaired) electrons. The molecule has 0 spiro atoms. The Morgan fingerprint density at radius 2 is 1.69 bits per heavy atom. The quantitative estimate of drug-likeness (QED) is 0.634. The van der Waals surface area contributed by atoms with Gasteiger partial charge in [0.25, 0.3) is 0 Å². The van der Waals surface area contributed by atoms with Gasteiger partial charge in [-0.3, -0.25) is 0 Å². The van der Waals surface area contributed by atoms with Crippen LogP contribution in [0, 0.1) is 0 Å². The molecule has 1 aromatic rings. The van der Waals surface area contributed by atoms with Crippen LogP contribution in [0.5, 0.6) is 0 Å². The van der Waals surface area contributed by atoms with Crippen molar-refractivity contribution in [1.82, 2.24) is 0 Å². The number of rotatable bonds is 1. The van der Waals surface area contributed by atoms with Gasteiger partial charge in [0.1, 0.15) is 4.87 Å². The first-order chi connectivity index (χ1) is 7.48. The summed E-state index contributed by atoms with van der Waals surface area (Å²) in [7, 11) is 0. The van der Waals surface area contributed by atoms with Crippen molar-refractivity contribution in [1.29, 1.82) is 0 Å². The first kappa shape index (κ1) is 12.8. The number of halogens is 4. The van der Waals surface area contributed by atoms with Gasteiger partial charge < -0.3 is 0 Å². The fourth-order valence-corrected chi connectivity index (χ4v) is 3.57. The van der Waals surface area contributed by atoms with Gasteiger partial charge in [0, 0.05) is 0 Å². The molecule has 0 bridgehead atoms. The van der Waals surface area contributed by atoms with Crippen LogP contribution in [0.3, 0.4) is 0 Å². The molecular formula is C12H12Cl4. The number of hydrogen-bond acceptors (Lipinski definition) is 0. The van der Waals surface area contributed by atoms with Crippen molar-refractivity contribution >= 4 is 46.4 Å². The molecule has 0 aromatic heterocycles. The predicted molar refractivity (Wildman–Crippen MR) is 71.9 cm³/mol. The largest absolute Gasteiger partial charge is 0.157 e. The Hall–Kier alpha value is 0.380. The predicted octanol–water partition coefficient (Wildman–Crippen LogP) is 5.09. The van der Waals surface area contributed by atoms with Crippen molar-refractivity contribution < 1.29 is 0 Å². The minimum Gasteiger partial charge on any atom is -0.120 e. The van der Waals surface area contributed by atoms with E-state index in [2.05, 4.69) is 0 Å². The molecule has 4 heteroatoms. The summed E-state index contributed by atoms with van der Waals surface area (Å²) in [6, 6.07) is 9.69. The highest BCUT2D eigenvalue weighted by Gasteiger charge is 2.55. The second kappa shape index (κ2) is 4.57. The zero-order valence-electron chi connectivity index (χ0n) is 8.60.